The van der Waals surface area contributed by atoms with Crippen molar-refractivity contribution < 1.29 is 5.11 Å². The molecule has 0 aliphatic carbocycles. The minimum atomic E-state index is 0. The predicted molar refractivity (Wildman–Crippen MR) is 84.4 cm³/mol. The maximum Gasteiger partial charge on any atom is 2.00 e. The van der Waals surface area contributed by atoms with Gasteiger partial charge in [0.2, 0.25) is 0 Å². The van der Waals surface area contributed by atoms with Crippen LogP contribution in [0.1, 0.15) is 40.0 Å². The second-order valence-electron chi connectivity index (χ2n) is 4.64. The van der Waals surface area contributed by atoms with Gasteiger partial charge in [0.05, 0.1) is 0 Å². The number of aliphatic hydroxyl groups is 1. The van der Waals surface area contributed by atoms with E-state index in [1.807, 2.05) is 30.3 Å². The van der Waals surface area contributed by atoms with Gasteiger partial charge in [-0.25, -0.2) is 0 Å². The summed E-state index contributed by atoms with van der Waals surface area (Å²) in [4.78, 5) is 2.43. The number of nitrogens with zero attached hydrogens (tertiary/aromatic N) is 1. The van der Waals surface area contributed by atoms with Crippen LogP contribution < -0.4 is 0 Å². The monoisotopic (exact) mass is 274 g/mol. The summed E-state index contributed by atoms with van der Waals surface area (Å²) in [5.41, 5.74) is 0. The minimum Gasteiger partial charge on any atom is -0.396 e. The molecule has 0 radical (unpaired) electrons. The van der Waals surface area contributed by atoms with Crippen LogP contribution in [0.3, 0.4) is 0 Å². The molecule has 3 heteroatoms. The van der Waals surface area contributed by atoms with Crippen molar-refractivity contribution in [2.75, 3.05) is 19.7 Å². The summed E-state index contributed by atoms with van der Waals surface area (Å²) in [5, 5.41) is 8.70. The van der Waals surface area contributed by atoms with Gasteiger partial charge in [-0.1, -0.05) is 13.3 Å². The summed E-state index contributed by atoms with van der Waals surface area (Å²) < 4.78 is 0. The van der Waals surface area contributed by atoms with Gasteiger partial charge in [0.1, 0.15) is 0 Å². The molecule has 0 heterocycles. The predicted octanol–water partition coefficient (Wildman–Crippen LogP) is 2.99. The maximum absolute atomic E-state index is 8.70. The number of aliphatic hydroxyl groups excluding tert-OH is 1. The Balaban J connectivity index is 0. The SMILES string of the molecule is CCCCN(CCCO)C(C)C.[Mg+2].[c-]1ccccc1. The fourth-order valence-electron chi connectivity index (χ4n) is 1.61. The van der Waals surface area contributed by atoms with E-state index < -0.39 is 0 Å². The maximum atomic E-state index is 8.70. The van der Waals surface area contributed by atoms with Crippen LogP contribution in [0.5, 0.6) is 0 Å². The summed E-state index contributed by atoms with van der Waals surface area (Å²) >= 11 is 0. The molecule has 1 rings (SSSR count). The van der Waals surface area contributed by atoms with Crippen LogP contribution >= 0.6 is 0 Å². The van der Waals surface area contributed by atoms with Crippen molar-refractivity contribution in [1.82, 2.24) is 4.90 Å². The number of rotatable bonds is 7. The zero-order valence-corrected chi connectivity index (χ0v) is 14.2. The average Bonchev–Trinajstić information content (AvgIpc) is 2.41. The molecule has 104 valence electrons. The third kappa shape index (κ3) is 14.1. The molecule has 19 heavy (non-hydrogen) atoms. The molecule has 0 bridgehead atoms. The van der Waals surface area contributed by atoms with Gasteiger partial charge in [-0.3, -0.25) is 0 Å². The number of benzene rings is 1. The van der Waals surface area contributed by atoms with E-state index in [0.29, 0.717) is 12.6 Å². The zero-order chi connectivity index (χ0) is 13.6. The number of hydrogen-bond acceptors (Lipinski definition) is 2. The topological polar surface area (TPSA) is 23.5 Å². The largest absolute Gasteiger partial charge is 2.00 e. The average molecular weight is 275 g/mol. The van der Waals surface area contributed by atoms with Gasteiger partial charge < -0.3 is 10.0 Å². The fraction of sp³-hybridized carbons (Fsp3) is 0.625. The van der Waals surface area contributed by atoms with Crippen molar-refractivity contribution in [3.05, 3.63) is 36.4 Å². The first-order valence-electron chi connectivity index (χ1n) is 6.98. The molecule has 0 saturated heterocycles. The van der Waals surface area contributed by atoms with Crippen LogP contribution in [0.2, 0.25) is 0 Å². The molecule has 0 aliphatic heterocycles. The Morgan fingerprint density at radius 2 is 1.63 bits per heavy atom. The summed E-state index contributed by atoms with van der Waals surface area (Å²) in [5.74, 6) is 0. The van der Waals surface area contributed by atoms with Crippen molar-refractivity contribution in [3.63, 3.8) is 0 Å². The molecule has 2 nitrogen and oxygen atoms in total. The summed E-state index contributed by atoms with van der Waals surface area (Å²) in [6, 6.07) is 13.1. The van der Waals surface area contributed by atoms with E-state index in [9.17, 15) is 0 Å². The van der Waals surface area contributed by atoms with Gasteiger partial charge in [-0.05, 0) is 33.2 Å². The van der Waals surface area contributed by atoms with Crippen molar-refractivity contribution in [2.45, 2.75) is 46.1 Å². The van der Waals surface area contributed by atoms with Crippen LogP contribution in [-0.4, -0.2) is 58.8 Å². The van der Waals surface area contributed by atoms with Crippen molar-refractivity contribution in [3.8, 4) is 0 Å². The second-order valence-corrected chi connectivity index (χ2v) is 4.64. The molecule has 0 aliphatic rings. The smallest absolute Gasteiger partial charge is 0.396 e. The van der Waals surface area contributed by atoms with Crippen molar-refractivity contribution in [2.24, 2.45) is 0 Å². The third-order valence-electron chi connectivity index (χ3n) is 2.74. The standard InChI is InChI=1S/C10H23NO.C6H5.Mg/c1-4-5-7-11(10(2)3)8-6-9-12;1-2-4-6-5-3-1;/h10,12H,4-9H2,1-3H3;1-5H;/q;-1;+2. The second kappa shape index (κ2) is 16.0. The van der Waals surface area contributed by atoms with Gasteiger partial charge in [-0.2, -0.15) is 36.4 Å². The Kier molecular flexibility index (Phi) is 17.8. The zero-order valence-electron chi connectivity index (χ0n) is 12.8. The van der Waals surface area contributed by atoms with E-state index in [-0.39, 0.29) is 23.1 Å². The van der Waals surface area contributed by atoms with E-state index in [4.69, 9.17) is 5.11 Å². The van der Waals surface area contributed by atoms with Gasteiger partial charge in [0.15, 0.2) is 0 Å². The van der Waals surface area contributed by atoms with Crippen LogP contribution in [0.4, 0.5) is 0 Å². The molecule has 0 spiro atoms. The van der Waals surface area contributed by atoms with Crippen LogP contribution in [0.15, 0.2) is 30.3 Å². The van der Waals surface area contributed by atoms with E-state index in [0.717, 1.165) is 13.0 Å². The van der Waals surface area contributed by atoms with E-state index in [2.05, 4.69) is 31.7 Å². The molecule has 1 aromatic carbocycles. The Bertz CT molecular complexity index is 219. The van der Waals surface area contributed by atoms with Crippen molar-refractivity contribution in [1.29, 1.82) is 0 Å². The summed E-state index contributed by atoms with van der Waals surface area (Å²) in [6.07, 6.45) is 3.42. The third-order valence-corrected chi connectivity index (χ3v) is 2.74. The van der Waals surface area contributed by atoms with Crippen LogP contribution in [0.25, 0.3) is 0 Å². The van der Waals surface area contributed by atoms with Gasteiger partial charge >= 0.3 is 23.1 Å². The molecule has 0 fully saturated rings. The first-order valence-corrected chi connectivity index (χ1v) is 6.98. The molecule has 0 amide bonds. The first kappa shape index (κ1) is 21.2. The fourth-order valence-corrected chi connectivity index (χ4v) is 1.61. The Morgan fingerprint density at radius 1 is 1.05 bits per heavy atom. The molecule has 0 aromatic heterocycles. The Morgan fingerprint density at radius 3 is 1.95 bits per heavy atom. The van der Waals surface area contributed by atoms with E-state index in [1.165, 1.54) is 19.4 Å². The molecule has 1 N–H and O–H groups in total. The summed E-state index contributed by atoms with van der Waals surface area (Å²) in [6.45, 7) is 9.17. The minimum absolute atomic E-state index is 0. The molecule has 0 atom stereocenters. The number of unbranched alkanes of at least 4 members (excludes halogenated alkanes) is 1. The quantitative estimate of drug-likeness (QED) is 0.610. The van der Waals surface area contributed by atoms with Crippen LogP contribution in [0, 0.1) is 6.07 Å². The van der Waals surface area contributed by atoms with E-state index in [1.54, 1.807) is 0 Å². The van der Waals surface area contributed by atoms with Gasteiger partial charge in [0, 0.05) is 19.2 Å². The normalized spacial score (nSPS) is 9.79. The molecular formula is C16H28MgNO+. The van der Waals surface area contributed by atoms with Gasteiger partial charge in [0.25, 0.3) is 0 Å². The summed E-state index contributed by atoms with van der Waals surface area (Å²) in [7, 11) is 0. The van der Waals surface area contributed by atoms with Crippen LogP contribution in [-0.2, 0) is 0 Å². The Hall–Kier alpha value is -0.0938. The first-order chi connectivity index (χ1) is 8.72. The van der Waals surface area contributed by atoms with Crippen molar-refractivity contribution >= 4 is 23.1 Å². The molecule has 0 saturated carbocycles. The number of hydrogen-bond donors (Lipinski definition) is 1. The van der Waals surface area contributed by atoms with E-state index >= 15 is 0 Å². The Labute approximate surface area is 135 Å². The molecule has 0 unspecified atom stereocenters. The van der Waals surface area contributed by atoms with Gasteiger partial charge in [-0.15, -0.1) is 0 Å². The molecular weight excluding hydrogens is 246 g/mol. The molecule has 1 aromatic rings.